The summed E-state index contributed by atoms with van der Waals surface area (Å²) < 4.78 is 32.7. The standard InChI is InChI=1S/C28H32ClN3O6S/c29-22-6-3-5-21(19-22)25-24(27(34)28(35)32(25)14-4-11-30-15-17-38-18-16-30)26(33)20-7-9-23(10-8-20)39(36,37)31-12-1-2-13-31/h3,5-10,19,25,33H,1-2,4,11-18H2/b26-24+. The van der Waals surface area contributed by atoms with Crippen LogP contribution in [0.5, 0.6) is 0 Å². The Labute approximate surface area is 233 Å². The molecule has 208 valence electrons. The molecule has 1 amide bonds. The Morgan fingerprint density at radius 1 is 0.974 bits per heavy atom. The molecule has 11 heteroatoms. The summed E-state index contributed by atoms with van der Waals surface area (Å²) in [6.45, 7) is 5.03. The summed E-state index contributed by atoms with van der Waals surface area (Å²) in [7, 11) is -3.63. The predicted octanol–water partition coefficient (Wildman–Crippen LogP) is 3.27. The van der Waals surface area contributed by atoms with Crippen LogP contribution < -0.4 is 0 Å². The van der Waals surface area contributed by atoms with E-state index in [1.165, 1.54) is 33.5 Å². The number of sulfonamides is 1. The van der Waals surface area contributed by atoms with Crippen LogP contribution in [-0.2, 0) is 24.3 Å². The Hall–Kier alpha value is -2.76. The van der Waals surface area contributed by atoms with Crippen LogP contribution in [0.2, 0.25) is 5.02 Å². The number of aliphatic hydroxyl groups excluding tert-OH is 1. The average Bonchev–Trinajstić information content (AvgIpc) is 3.58. The monoisotopic (exact) mass is 573 g/mol. The lowest BCUT2D eigenvalue weighted by molar-refractivity contribution is -0.140. The molecule has 3 heterocycles. The van der Waals surface area contributed by atoms with Crippen LogP contribution in [0.15, 0.2) is 59.0 Å². The Bertz CT molecular complexity index is 1370. The van der Waals surface area contributed by atoms with E-state index in [-0.39, 0.29) is 21.8 Å². The molecule has 0 spiro atoms. The SMILES string of the molecule is O=C1C(=O)N(CCCN2CCOCC2)C(c2cccc(Cl)c2)/C1=C(\O)c1ccc(S(=O)(=O)N2CCCC2)cc1. The Kier molecular flexibility index (Phi) is 8.39. The molecule has 3 fully saturated rings. The van der Waals surface area contributed by atoms with Gasteiger partial charge in [0.25, 0.3) is 11.7 Å². The largest absolute Gasteiger partial charge is 0.507 e. The highest BCUT2D eigenvalue weighted by atomic mass is 35.5. The van der Waals surface area contributed by atoms with E-state index in [2.05, 4.69) is 4.90 Å². The van der Waals surface area contributed by atoms with Crippen LogP contribution in [0.3, 0.4) is 0 Å². The summed E-state index contributed by atoms with van der Waals surface area (Å²) in [5.41, 5.74) is 0.834. The maximum Gasteiger partial charge on any atom is 0.295 e. The van der Waals surface area contributed by atoms with Crippen LogP contribution >= 0.6 is 11.6 Å². The lowest BCUT2D eigenvalue weighted by Crippen LogP contribution is -2.38. The molecular formula is C28H32ClN3O6S. The van der Waals surface area contributed by atoms with Gasteiger partial charge in [-0.1, -0.05) is 23.7 Å². The molecule has 0 aromatic heterocycles. The minimum Gasteiger partial charge on any atom is -0.507 e. The predicted molar refractivity (Wildman–Crippen MR) is 147 cm³/mol. The van der Waals surface area contributed by atoms with Crippen molar-refractivity contribution in [3.05, 3.63) is 70.3 Å². The number of ether oxygens (including phenoxy) is 1. The van der Waals surface area contributed by atoms with Gasteiger partial charge in [-0.25, -0.2) is 8.42 Å². The summed E-state index contributed by atoms with van der Waals surface area (Å²) in [6.07, 6.45) is 2.30. The number of likely N-dealkylation sites (tertiary alicyclic amines) is 1. The van der Waals surface area contributed by atoms with E-state index in [4.69, 9.17) is 16.3 Å². The zero-order chi connectivity index (χ0) is 27.6. The Morgan fingerprint density at radius 3 is 2.33 bits per heavy atom. The molecule has 2 aromatic carbocycles. The zero-order valence-electron chi connectivity index (χ0n) is 21.6. The quantitative estimate of drug-likeness (QED) is 0.293. The normalized spacial score (nSPS) is 22.6. The van der Waals surface area contributed by atoms with E-state index >= 15 is 0 Å². The molecule has 3 aliphatic rings. The molecule has 1 atom stereocenters. The third-order valence-electron chi connectivity index (χ3n) is 7.51. The fourth-order valence-corrected chi connectivity index (χ4v) is 7.16. The minimum absolute atomic E-state index is 0.0382. The van der Waals surface area contributed by atoms with Gasteiger partial charge in [0.1, 0.15) is 5.76 Å². The number of amides is 1. The summed E-state index contributed by atoms with van der Waals surface area (Å²) >= 11 is 6.26. The second-order valence-corrected chi connectivity index (χ2v) is 12.4. The number of carbonyl (C=O) groups is 2. The smallest absolute Gasteiger partial charge is 0.295 e. The van der Waals surface area contributed by atoms with Crippen LogP contribution in [0.25, 0.3) is 5.76 Å². The number of aliphatic hydroxyl groups is 1. The molecule has 9 nitrogen and oxygen atoms in total. The van der Waals surface area contributed by atoms with E-state index in [1.54, 1.807) is 24.3 Å². The van der Waals surface area contributed by atoms with Crippen molar-refractivity contribution in [2.75, 3.05) is 52.5 Å². The number of benzene rings is 2. The lowest BCUT2D eigenvalue weighted by Gasteiger charge is -2.29. The first-order valence-corrected chi connectivity index (χ1v) is 15.0. The van der Waals surface area contributed by atoms with Gasteiger partial charge in [-0.3, -0.25) is 14.5 Å². The van der Waals surface area contributed by atoms with Crippen molar-refractivity contribution in [1.82, 2.24) is 14.1 Å². The number of rotatable bonds is 8. The van der Waals surface area contributed by atoms with Crippen LogP contribution in [-0.4, -0.2) is 91.8 Å². The first kappa shape index (κ1) is 27.8. The molecule has 2 aromatic rings. The average molecular weight is 574 g/mol. The number of ketones is 1. The Balaban J connectivity index is 1.45. The summed E-state index contributed by atoms with van der Waals surface area (Å²) in [4.78, 5) is 30.4. The van der Waals surface area contributed by atoms with Crippen molar-refractivity contribution in [1.29, 1.82) is 0 Å². The third-order valence-corrected chi connectivity index (χ3v) is 9.66. The minimum atomic E-state index is -3.63. The number of Topliss-reactive ketones (excluding diaryl/α,β-unsaturated/α-hetero) is 1. The second-order valence-electron chi connectivity index (χ2n) is 9.99. The molecule has 3 aliphatic heterocycles. The first-order chi connectivity index (χ1) is 18.8. The van der Waals surface area contributed by atoms with Crippen molar-refractivity contribution in [2.24, 2.45) is 0 Å². The van der Waals surface area contributed by atoms with Gasteiger partial charge in [0.15, 0.2) is 0 Å². The number of carbonyl (C=O) groups excluding carboxylic acids is 2. The number of halogens is 1. The fraction of sp³-hybridized carbons (Fsp3) is 0.429. The molecular weight excluding hydrogens is 542 g/mol. The van der Waals surface area contributed by atoms with Gasteiger partial charge in [0.05, 0.1) is 29.7 Å². The van der Waals surface area contributed by atoms with Crippen molar-refractivity contribution >= 4 is 39.1 Å². The number of nitrogens with zero attached hydrogens (tertiary/aromatic N) is 3. The van der Waals surface area contributed by atoms with E-state index in [0.717, 1.165) is 32.5 Å². The molecule has 1 N–H and O–H groups in total. The molecule has 39 heavy (non-hydrogen) atoms. The number of hydrogen-bond acceptors (Lipinski definition) is 7. The van der Waals surface area contributed by atoms with Gasteiger partial charge >= 0.3 is 0 Å². The first-order valence-electron chi connectivity index (χ1n) is 13.2. The topological polar surface area (TPSA) is 107 Å². The van der Waals surface area contributed by atoms with Gasteiger partial charge in [-0.05, 0) is 61.2 Å². The third kappa shape index (κ3) is 5.76. The molecule has 3 saturated heterocycles. The zero-order valence-corrected chi connectivity index (χ0v) is 23.2. The summed E-state index contributed by atoms with van der Waals surface area (Å²) in [5.74, 6) is -1.81. The van der Waals surface area contributed by atoms with Crippen LogP contribution in [0.1, 0.15) is 36.4 Å². The highest BCUT2D eigenvalue weighted by Gasteiger charge is 2.46. The molecule has 1 unspecified atom stereocenters. The van der Waals surface area contributed by atoms with Crippen molar-refractivity contribution in [3.8, 4) is 0 Å². The molecule has 0 aliphatic carbocycles. The molecule has 5 rings (SSSR count). The molecule has 0 bridgehead atoms. The van der Waals surface area contributed by atoms with Crippen molar-refractivity contribution < 1.29 is 27.9 Å². The maximum absolute atomic E-state index is 13.3. The van der Waals surface area contributed by atoms with E-state index < -0.39 is 27.8 Å². The van der Waals surface area contributed by atoms with Crippen molar-refractivity contribution in [3.63, 3.8) is 0 Å². The highest BCUT2D eigenvalue weighted by Crippen LogP contribution is 2.40. The molecule has 0 saturated carbocycles. The van der Waals surface area contributed by atoms with E-state index in [9.17, 15) is 23.1 Å². The van der Waals surface area contributed by atoms with Gasteiger partial charge < -0.3 is 14.7 Å². The second kappa shape index (κ2) is 11.8. The van der Waals surface area contributed by atoms with Gasteiger partial charge in [-0.15, -0.1) is 0 Å². The van der Waals surface area contributed by atoms with Crippen molar-refractivity contribution in [2.45, 2.75) is 30.2 Å². The van der Waals surface area contributed by atoms with Crippen LogP contribution in [0, 0.1) is 0 Å². The maximum atomic E-state index is 13.3. The van der Waals surface area contributed by atoms with Gasteiger partial charge in [0.2, 0.25) is 10.0 Å². The van der Waals surface area contributed by atoms with Crippen LogP contribution in [0.4, 0.5) is 0 Å². The number of morpholine rings is 1. The highest BCUT2D eigenvalue weighted by molar-refractivity contribution is 7.89. The van der Waals surface area contributed by atoms with E-state index in [0.29, 0.717) is 49.9 Å². The lowest BCUT2D eigenvalue weighted by atomic mass is 9.95. The summed E-state index contributed by atoms with van der Waals surface area (Å²) in [5, 5.41) is 11.8. The summed E-state index contributed by atoms with van der Waals surface area (Å²) in [6, 6.07) is 11.9. The van der Waals surface area contributed by atoms with Gasteiger partial charge in [0, 0.05) is 49.9 Å². The Morgan fingerprint density at radius 2 is 1.67 bits per heavy atom. The molecule has 0 radical (unpaired) electrons. The van der Waals surface area contributed by atoms with E-state index in [1.807, 2.05) is 0 Å². The van der Waals surface area contributed by atoms with Gasteiger partial charge in [-0.2, -0.15) is 4.31 Å². The number of hydrogen-bond donors (Lipinski definition) is 1. The fourth-order valence-electron chi connectivity index (χ4n) is 5.44.